The summed E-state index contributed by atoms with van der Waals surface area (Å²) in [4.78, 5) is 22.7. The van der Waals surface area contributed by atoms with E-state index in [1.807, 2.05) is 72.8 Å². The maximum absolute atomic E-state index is 11.4. The molecule has 122 valence electrons. The van der Waals surface area contributed by atoms with Gasteiger partial charge in [0, 0.05) is 22.3 Å². The van der Waals surface area contributed by atoms with Crippen LogP contribution in [0.1, 0.15) is 31.8 Å². The van der Waals surface area contributed by atoms with E-state index in [4.69, 9.17) is 0 Å². The highest BCUT2D eigenvalue weighted by atomic mass is 16.1. The lowest BCUT2D eigenvalue weighted by molar-refractivity contribution is 0.111. The molecule has 0 N–H and O–H groups in total. The highest BCUT2D eigenvalue weighted by Gasteiger charge is 2.14. The smallest absolute Gasteiger partial charge is 0.150 e. The lowest BCUT2D eigenvalue weighted by Gasteiger charge is -1.95. The quantitative estimate of drug-likeness (QED) is 0.385. The number of carbonyl (C=O) groups excluding carboxylic acids is 2. The van der Waals surface area contributed by atoms with Gasteiger partial charge in [0.1, 0.15) is 0 Å². The molecule has 0 atom stereocenters. The van der Waals surface area contributed by atoms with Gasteiger partial charge in [-0.1, -0.05) is 72.5 Å². The molecule has 0 fully saturated rings. The van der Waals surface area contributed by atoms with Crippen LogP contribution >= 0.6 is 0 Å². The Hall–Kier alpha value is -3.70. The summed E-state index contributed by atoms with van der Waals surface area (Å²) in [5, 5.41) is 0. The number of carbonyl (C=O) groups is 2. The van der Waals surface area contributed by atoms with Crippen molar-refractivity contribution in [2.24, 2.45) is 0 Å². The lowest BCUT2D eigenvalue weighted by atomic mass is 10.1. The molecule has 0 aliphatic heterocycles. The fraction of sp³-hybridized carbons (Fsp3) is 0. The number of hydrogen-bond donors (Lipinski definition) is 0. The maximum Gasteiger partial charge on any atom is 0.150 e. The van der Waals surface area contributed by atoms with Crippen LogP contribution in [0.3, 0.4) is 0 Å². The normalized spacial score (nSPS) is 10.3. The molecule has 2 heteroatoms. The summed E-state index contributed by atoms with van der Waals surface area (Å²) in [5.41, 5.74) is 6.55. The standard InChI is InChI=1S/C24H14O2/c25-15-19-13-17(21-7-3-1-5-9-23(19)21)11-12-18-14-20(16-26)24-10-6-2-4-8-22(18)24/h1-10,13-16H. The van der Waals surface area contributed by atoms with Gasteiger partial charge in [0.25, 0.3) is 0 Å². The van der Waals surface area contributed by atoms with Gasteiger partial charge >= 0.3 is 0 Å². The van der Waals surface area contributed by atoms with E-state index >= 15 is 0 Å². The van der Waals surface area contributed by atoms with Crippen LogP contribution in [0.5, 0.6) is 0 Å². The van der Waals surface area contributed by atoms with Gasteiger partial charge in [-0.05, 0) is 34.4 Å². The van der Waals surface area contributed by atoms with E-state index in [9.17, 15) is 9.59 Å². The molecular formula is C24H14O2. The highest BCUT2D eigenvalue weighted by molar-refractivity contribution is 5.94. The first-order valence-corrected chi connectivity index (χ1v) is 8.27. The zero-order valence-electron chi connectivity index (χ0n) is 13.9. The third kappa shape index (κ3) is 2.66. The fourth-order valence-corrected chi connectivity index (χ4v) is 3.23. The van der Waals surface area contributed by atoms with E-state index in [1.54, 1.807) is 0 Å². The first-order chi connectivity index (χ1) is 12.8. The van der Waals surface area contributed by atoms with Crippen molar-refractivity contribution in [2.45, 2.75) is 0 Å². The second kappa shape index (κ2) is 6.66. The van der Waals surface area contributed by atoms with E-state index in [-0.39, 0.29) is 0 Å². The van der Waals surface area contributed by atoms with Crippen molar-refractivity contribution >= 4 is 12.6 Å². The van der Waals surface area contributed by atoms with Crippen LogP contribution in [0.25, 0.3) is 22.3 Å². The van der Waals surface area contributed by atoms with Crippen LogP contribution < -0.4 is 0 Å². The Morgan fingerprint density at radius 3 is 1.31 bits per heavy atom. The molecule has 0 saturated heterocycles. The summed E-state index contributed by atoms with van der Waals surface area (Å²) in [7, 11) is 0. The molecule has 0 amide bonds. The van der Waals surface area contributed by atoms with Crippen molar-refractivity contribution in [2.75, 3.05) is 0 Å². The Kier molecular flexibility index (Phi) is 4.05. The number of rotatable bonds is 2. The van der Waals surface area contributed by atoms with Gasteiger partial charge in [0.05, 0.1) is 0 Å². The van der Waals surface area contributed by atoms with E-state index in [0.717, 1.165) is 46.0 Å². The second-order valence-electron chi connectivity index (χ2n) is 5.99. The molecular weight excluding hydrogens is 320 g/mol. The molecule has 4 aliphatic carbocycles. The predicted octanol–water partition coefficient (Wildman–Crippen LogP) is 4.92. The summed E-state index contributed by atoms with van der Waals surface area (Å²) < 4.78 is 0. The van der Waals surface area contributed by atoms with Crippen molar-refractivity contribution in [1.29, 1.82) is 0 Å². The van der Waals surface area contributed by atoms with Crippen LogP contribution in [-0.4, -0.2) is 12.6 Å². The van der Waals surface area contributed by atoms with Crippen molar-refractivity contribution in [3.05, 3.63) is 95.1 Å². The van der Waals surface area contributed by atoms with E-state index in [2.05, 4.69) is 11.8 Å². The molecule has 26 heavy (non-hydrogen) atoms. The van der Waals surface area contributed by atoms with E-state index in [0.29, 0.717) is 11.1 Å². The molecule has 0 saturated carbocycles. The van der Waals surface area contributed by atoms with Crippen LogP contribution in [0.15, 0.2) is 72.8 Å². The zero-order valence-corrected chi connectivity index (χ0v) is 13.9. The number of hydrogen-bond acceptors (Lipinski definition) is 2. The summed E-state index contributed by atoms with van der Waals surface area (Å²) in [6, 6.07) is 22.9. The Balaban J connectivity index is 1.86. The van der Waals surface area contributed by atoms with Gasteiger partial charge in [-0.3, -0.25) is 9.59 Å². The molecule has 0 unspecified atom stereocenters. The van der Waals surface area contributed by atoms with Gasteiger partial charge in [-0.2, -0.15) is 0 Å². The minimum atomic E-state index is 0.632. The second-order valence-corrected chi connectivity index (χ2v) is 5.99. The molecule has 0 aromatic rings. The van der Waals surface area contributed by atoms with Gasteiger partial charge in [0.2, 0.25) is 0 Å². The van der Waals surface area contributed by atoms with Crippen LogP contribution in [0.2, 0.25) is 0 Å². The van der Waals surface area contributed by atoms with Gasteiger partial charge in [-0.25, -0.2) is 0 Å². The molecule has 4 rings (SSSR count). The Morgan fingerprint density at radius 2 is 0.923 bits per heavy atom. The third-order valence-electron chi connectivity index (χ3n) is 4.46. The van der Waals surface area contributed by atoms with Crippen molar-refractivity contribution in [1.82, 2.24) is 0 Å². The predicted molar refractivity (Wildman–Crippen MR) is 103 cm³/mol. The first kappa shape index (κ1) is 15.8. The average molecular weight is 334 g/mol. The Bertz CT molecular complexity index is 1040. The van der Waals surface area contributed by atoms with E-state index in [1.165, 1.54) is 0 Å². The van der Waals surface area contributed by atoms with Crippen molar-refractivity contribution in [3.8, 4) is 34.1 Å². The van der Waals surface area contributed by atoms with Gasteiger partial charge in [-0.15, -0.1) is 0 Å². The zero-order chi connectivity index (χ0) is 17.9. The Morgan fingerprint density at radius 1 is 0.538 bits per heavy atom. The largest absolute Gasteiger partial charge is 0.298 e. The molecule has 0 bridgehead atoms. The number of fused-ring (bicyclic) bond motifs is 2. The van der Waals surface area contributed by atoms with Crippen molar-refractivity contribution in [3.63, 3.8) is 0 Å². The summed E-state index contributed by atoms with van der Waals surface area (Å²) in [6.07, 6.45) is 1.71. The number of aldehydes is 2. The molecule has 0 radical (unpaired) electrons. The summed E-state index contributed by atoms with van der Waals surface area (Å²) >= 11 is 0. The first-order valence-electron chi connectivity index (χ1n) is 8.27. The third-order valence-corrected chi connectivity index (χ3v) is 4.46. The van der Waals surface area contributed by atoms with Gasteiger partial charge < -0.3 is 0 Å². The Labute approximate surface area is 151 Å². The molecule has 0 spiro atoms. The monoisotopic (exact) mass is 334 g/mol. The lowest BCUT2D eigenvalue weighted by Crippen LogP contribution is -1.77. The summed E-state index contributed by atoms with van der Waals surface area (Å²) in [6.45, 7) is 0. The molecule has 0 heterocycles. The molecule has 4 aliphatic rings. The molecule has 0 aromatic carbocycles. The SMILES string of the molecule is O=Cc1cc(C#Cc2cc(C=O)c3cccccc2-3)c2cccccc1-2. The van der Waals surface area contributed by atoms with Crippen molar-refractivity contribution < 1.29 is 9.59 Å². The minimum absolute atomic E-state index is 0.632. The molecule has 0 aromatic heterocycles. The topological polar surface area (TPSA) is 34.1 Å². The summed E-state index contributed by atoms with van der Waals surface area (Å²) in [5.74, 6) is 6.38. The average Bonchev–Trinajstić information content (AvgIpc) is 2.92. The highest BCUT2D eigenvalue weighted by Crippen LogP contribution is 2.32. The van der Waals surface area contributed by atoms with Gasteiger partial charge in [0.15, 0.2) is 12.6 Å². The van der Waals surface area contributed by atoms with E-state index < -0.39 is 0 Å². The van der Waals surface area contributed by atoms with Crippen LogP contribution in [0.4, 0.5) is 0 Å². The van der Waals surface area contributed by atoms with Crippen LogP contribution in [0, 0.1) is 11.8 Å². The fourth-order valence-electron chi connectivity index (χ4n) is 3.23. The minimum Gasteiger partial charge on any atom is -0.298 e. The van der Waals surface area contributed by atoms with Crippen LogP contribution in [-0.2, 0) is 0 Å². The molecule has 2 nitrogen and oxygen atoms in total. The maximum atomic E-state index is 11.4.